The third-order valence-electron chi connectivity index (χ3n) is 4.10. The van der Waals surface area contributed by atoms with E-state index < -0.39 is 0 Å². The lowest BCUT2D eigenvalue weighted by atomic mass is 10.1. The summed E-state index contributed by atoms with van der Waals surface area (Å²) < 4.78 is 1.62. The molecule has 1 fully saturated rings. The van der Waals surface area contributed by atoms with Crippen LogP contribution in [0.5, 0.6) is 0 Å². The number of anilines is 1. The zero-order valence-electron chi connectivity index (χ0n) is 13.6. The summed E-state index contributed by atoms with van der Waals surface area (Å²) in [6.07, 6.45) is 2.81. The van der Waals surface area contributed by atoms with E-state index in [1.807, 2.05) is 0 Å². The average Bonchev–Trinajstić information content (AvgIpc) is 3.16. The van der Waals surface area contributed by atoms with Crippen LogP contribution in [0.25, 0.3) is 0 Å². The molecule has 0 radical (unpaired) electrons. The minimum atomic E-state index is -0.225. The van der Waals surface area contributed by atoms with Crippen LogP contribution in [-0.2, 0) is 18.4 Å². The van der Waals surface area contributed by atoms with Gasteiger partial charge < -0.3 is 9.80 Å². The first-order valence-electron chi connectivity index (χ1n) is 7.65. The highest BCUT2D eigenvalue weighted by Gasteiger charge is 2.24. The fourth-order valence-electron chi connectivity index (χ4n) is 2.72. The molecule has 0 N–H and O–H groups in total. The Bertz CT molecular complexity index is 789. The molecule has 0 unspecified atom stereocenters. The van der Waals surface area contributed by atoms with Gasteiger partial charge in [0.1, 0.15) is 12.2 Å². The van der Waals surface area contributed by atoms with Crippen LogP contribution in [0.15, 0.2) is 24.5 Å². The second-order valence-corrected chi connectivity index (χ2v) is 6.18. The first-order valence-corrected chi connectivity index (χ1v) is 8.03. The summed E-state index contributed by atoms with van der Waals surface area (Å²) in [6.45, 7) is 0.988. The minimum Gasteiger partial charge on any atom is -0.334 e. The molecule has 0 bridgehead atoms. The second-order valence-electron chi connectivity index (χ2n) is 5.77. The van der Waals surface area contributed by atoms with Gasteiger partial charge in [-0.15, -0.1) is 0 Å². The molecular weight excluding hydrogens is 330 g/mol. The van der Waals surface area contributed by atoms with Crippen LogP contribution in [0.3, 0.4) is 0 Å². The predicted molar refractivity (Wildman–Crippen MR) is 89.8 cm³/mol. The number of carbonyl (C=O) groups excluding carboxylic acids is 2. The zero-order chi connectivity index (χ0) is 17.3. The minimum absolute atomic E-state index is 0.0724. The van der Waals surface area contributed by atoms with Gasteiger partial charge in [-0.3, -0.25) is 14.3 Å². The van der Waals surface area contributed by atoms with Crippen LogP contribution in [-0.4, -0.2) is 45.1 Å². The number of nitrogens with zero attached hydrogens (tertiary/aromatic N) is 5. The van der Waals surface area contributed by atoms with E-state index in [4.69, 9.17) is 11.6 Å². The first kappa shape index (κ1) is 16.4. The molecule has 1 aromatic heterocycles. The molecule has 2 heterocycles. The molecule has 1 aliphatic heterocycles. The maximum absolute atomic E-state index is 12.7. The van der Waals surface area contributed by atoms with Crippen LogP contribution in [0.2, 0.25) is 5.02 Å². The van der Waals surface area contributed by atoms with Crippen LogP contribution in [0.1, 0.15) is 29.0 Å². The summed E-state index contributed by atoms with van der Waals surface area (Å²) >= 11 is 6.21. The fraction of sp³-hybridized carbons (Fsp3) is 0.375. The maximum Gasteiger partial charge on any atom is 0.255 e. The molecule has 7 nitrogen and oxygen atoms in total. The molecular formula is C16H18ClN5O2. The van der Waals surface area contributed by atoms with Crippen molar-refractivity contribution in [1.29, 1.82) is 0 Å². The van der Waals surface area contributed by atoms with Crippen molar-refractivity contribution in [3.8, 4) is 0 Å². The van der Waals surface area contributed by atoms with E-state index in [1.165, 1.54) is 11.2 Å². The Morgan fingerprint density at radius 2 is 2.21 bits per heavy atom. The van der Waals surface area contributed by atoms with Crippen molar-refractivity contribution in [3.63, 3.8) is 0 Å². The van der Waals surface area contributed by atoms with Crippen molar-refractivity contribution in [1.82, 2.24) is 19.7 Å². The Kier molecular flexibility index (Phi) is 4.53. The van der Waals surface area contributed by atoms with Gasteiger partial charge in [-0.05, 0) is 24.6 Å². The fourth-order valence-corrected chi connectivity index (χ4v) is 2.92. The molecule has 1 aromatic carbocycles. The van der Waals surface area contributed by atoms with E-state index in [2.05, 4.69) is 10.1 Å². The Labute approximate surface area is 144 Å². The Morgan fingerprint density at radius 3 is 2.83 bits per heavy atom. The molecule has 0 saturated carbocycles. The van der Waals surface area contributed by atoms with Crippen molar-refractivity contribution < 1.29 is 9.59 Å². The number of aromatic nitrogens is 3. The Hall–Kier alpha value is -2.41. The van der Waals surface area contributed by atoms with Crippen molar-refractivity contribution >= 4 is 29.1 Å². The normalized spacial score (nSPS) is 14.3. The Balaban J connectivity index is 1.83. The number of hydrogen-bond acceptors (Lipinski definition) is 4. The van der Waals surface area contributed by atoms with Gasteiger partial charge in [0, 0.05) is 32.7 Å². The number of amides is 2. The zero-order valence-corrected chi connectivity index (χ0v) is 14.3. The topological polar surface area (TPSA) is 71.3 Å². The van der Waals surface area contributed by atoms with Crippen LogP contribution in [0.4, 0.5) is 5.69 Å². The van der Waals surface area contributed by atoms with Gasteiger partial charge >= 0.3 is 0 Å². The number of carbonyl (C=O) groups is 2. The van der Waals surface area contributed by atoms with Gasteiger partial charge in [0.2, 0.25) is 5.91 Å². The standard InChI is InChI=1S/C16H18ClN5O2/c1-20(9-14-18-10-19-21(14)2)16(24)12-8-11(5-6-13(12)17)22-7-3-4-15(22)23/h5-6,8,10H,3-4,7,9H2,1-2H3. The van der Waals surface area contributed by atoms with Crippen LogP contribution in [0, 0.1) is 0 Å². The summed E-state index contributed by atoms with van der Waals surface area (Å²) in [5.74, 6) is 0.521. The number of halogens is 1. The molecule has 8 heteroatoms. The van der Waals surface area contributed by atoms with E-state index in [-0.39, 0.29) is 11.8 Å². The molecule has 2 aromatic rings. The third kappa shape index (κ3) is 3.12. The average molecular weight is 348 g/mol. The largest absolute Gasteiger partial charge is 0.334 e. The number of benzene rings is 1. The second kappa shape index (κ2) is 6.60. The van der Waals surface area contributed by atoms with Crippen molar-refractivity contribution in [3.05, 3.63) is 40.9 Å². The molecule has 2 amide bonds. The molecule has 3 rings (SSSR count). The molecule has 24 heavy (non-hydrogen) atoms. The summed E-state index contributed by atoms with van der Waals surface area (Å²) in [6, 6.07) is 5.11. The molecule has 1 aliphatic rings. The van der Waals surface area contributed by atoms with Gasteiger partial charge in [-0.1, -0.05) is 11.6 Å². The van der Waals surface area contributed by atoms with E-state index in [0.717, 1.165) is 6.42 Å². The van der Waals surface area contributed by atoms with E-state index in [1.54, 1.807) is 41.9 Å². The molecule has 0 aliphatic carbocycles. The lowest BCUT2D eigenvalue weighted by Gasteiger charge is -2.20. The van der Waals surface area contributed by atoms with Crippen molar-refractivity contribution in [2.75, 3.05) is 18.5 Å². The first-order chi connectivity index (χ1) is 11.5. The summed E-state index contributed by atoms with van der Waals surface area (Å²) in [4.78, 5) is 32.0. The van der Waals surface area contributed by atoms with Crippen LogP contribution >= 0.6 is 11.6 Å². The summed E-state index contributed by atoms with van der Waals surface area (Å²) in [7, 11) is 3.45. The highest BCUT2D eigenvalue weighted by molar-refractivity contribution is 6.34. The lowest BCUT2D eigenvalue weighted by Crippen LogP contribution is -2.29. The van der Waals surface area contributed by atoms with Gasteiger partial charge in [0.05, 0.1) is 17.1 Å². The highest BCUT2D eigenvalue weighted by atomic mass is 35.5. The number of hydrogen-bond donors (Lipinski definition) is 0. The van der Waals surface area contributed by atoms with Gasteiger partial charge in [0.15, 0.2) is 0 Å². The van der Waals surface area contributed by atoms with Gasteiger partial charge in [-0.2, -0.15) is 5.10 Å². The number of rotatable bonds is 4. The van der Waals surface area contributed by atoms with E-state index in [9.17, 15) is 9.59 Å². The van der Waals surface area contributed by atoms with Gasteiger partial charge in [-0.25, -0.2) is 4.98 Å². The lowest BCUT2D eigenvalue weighted by molar-refractivity contribution is -0.117. The monoisotopic (exact) mass is 347 g/mol. The number of aryl methyl sites for hydroxylation is 1. The predicted octanol–water partition coefficient (Wildman–Crippen LogP) is 1.87. The van der Waals surface area contributed by atoms with Crippen LogP contribution < -0.4 is 4.90 Å². The molecule has 0 spiro atoms. The highest BCUT2D eigenvalue weighted by Crippen LogP contribution is 2.27. The third-order valence-corrected chi connectivity index (χ3v) is 4.43. The molecule has 0 atom stereocenters. The van der Waals surface area contributed by atoms with Crippen molar-refractivity contribution in [2.24, 2.45) is 7.05 Å². The van der Waals surface area contributed by atoms with E-state index in [0.29, 0.717) is 41.6 Å². The van der Waals surface area contributed by atoms with Gasteiger partial charge in [0.25, 0.3) is 5.91 Å². The quantitative estimate of drug-likeness (QED) is 0.846. The molecule has 126 valence electrons. The van der Waals surface area contributed by atoms with E-state index >= 15 is 0 Å². The maximum atomic E-state index is 12.7. The molecule has 1 saturated heterocycles. The SMILES string of the molecule is CN(Cc1ncnn1C)C(=O)c1cc(N2CCCC2=O)ccc1Cl. The summed E-state index contributed by atoms with van der Waals surface area (Å²) in [5.41, 5.74) is 1.08. The van der Waals surface area contributed by atoms with Crippen molar-refractivity contribution in [2.45, 2.75) is 19.4 Å². The Morgan fingerprint density at radius 1 is 1.42 bits per heavy atom. The smallest absolute Gasteiger partial charge is 0.255 e. The summed E-state index contributed by atoms with van der Waals surface area (Å²) in [5, 5.41) is 4.35.